The van der Waals surface area contributed by atoms with Gasteiger partial charge in [0.1, 0.15) is 0 Å². The minimum Gasteiger partial charge on any atom is -0.285 e. The van der Waals surface area contributed by atoms with Crippen LogP contribution in [-0.4, -0.2) is 26.0 Å². The van der Waals surface area contributed by atoms with E-state index in [9.17, 15) is 4.79 Å². The molecule has 0 unspecified atom stereocenters. The van der Waals surface area contributed by atoms with Crippen molar-refractivity contribution in [3.8, 4) is 0 Å². The molecule has 0 aliphatic carbocycles. The molecular formula is C12H14N4O. The summed E-state index contributed by atoms with van der Waals surface area (Å²) in [4.78, 5) is 12.2. The Bertz CT molecular complexity index is 525. The average molecular weight is 230 g/mol. The lowest BCUT2D eigenvalue weighted by atomic mass is 10.1. The number of rotatable bonds is 2. The molecular weight excluding hydrogens is 216 g/mol. The van der Waals surface area contributed by atoms with E-state index in [4.69, 9.17) is 0 Å². The van der Waals surface area contributed by atoms with E-state index in [1.165, 1.54) is 0 Å². The number of hydrogen-bond acceptors (Lipinski definition) is 4. The van der Waals surface area contributed by atoms with Gasteiger partial charge in [-0.05, 0) is 31.2 Å². The monoisotopic (exact) mass is 230 g/mol. The first-order valence-electron chi connectivity index (χ1n) is 5.39. The van der Waals surface area contributed by atoms with Gasteiger partial charge in [0, 0.05) is 5.56 Å². The van der Waals surface area contributed by atoms with Gasteiger partial charge in [-0.3, -0.25) is 4.79 Å². The third kappa shape index (κ3) is 2.22. The van der Waals surface area contributed by atoms with Crippen LogP contribution >= 0.6 is 0 Å². The zero-order valence-corrected chi connectivity index (χ0v) is 10.1. The standard InChI is InChI=1S/C12H14N4O/c1-12(2,3)16-11(13-14-15-16)10(17)9-7-5-4-6-8-9/h4-8H,1-3H3. The van der Waals surface area contributed by atoms with Gasteiger partial charge in [-0.2, -0.15) is 0 Å². The SMILES string of the molecule is CC(C)(C)n1nnnc1C(=O)c1ccccc1. The quantitative estimate of drug-likeness (QED) is 0.736. The molecule has 0 radical (unpaired) electrons. The zero-order valence-electron chi connectivity index (χ0n) is 10.1. The molecule has 2 aromatic rings. The van der Waals surface area contributed by atoms with Crippen molar-refractivity contribution in [1.29, 1.82) is 0 Å². The molecule has 5 nitrogen and oxygen atoms in total. The Morgan fingerprint density at radius 3 is 2.41 bits per heavy atom. The molecule has 0 spiro atoms. The average Bonchev–Trinajstić information content (AvgIpc) is 2.78. The van der Waals surface area contributed by atoms with Gasteiger partial charge in [0.25, 0.3) is 0 Å². The number of hydrogen-bond donors (Lipinski definition) is 0. The Hall–Kier alpha value is -2.04. The molecule has 0 fully saturated rings. The Labute approximate surface area is 99.5 Å². The van der Waals surface area contributed by atoms with Crippen LogP contribution in [0.4, 0.5) is 0 Å². The van der Waals surface area contributed by atoms with Crippen LogP contribution in [0, 0.1) is 0 Å². The van der Waals surface area contributed by atoms with Crippen molar-refractivity contribution < 1.29 is 4.79 Å². The van der Waals surface area contributed by atoms with Gasteiger partial charge in [0.2, 0.25) is 11.6 Å². The Morgan fingerprint density at radius 2 is 1.82 bits per heavy atom. The lowest BCUT2D eigenvalue weighted by Crippen LogP contribution is -2.27. The summed E-state index contributed by atoms with van der Waals surface area (Å²) in [6.07, 6.45) is 0. The number of aromatic nitrogens is 4. The number of nitrogens with zero attached hydrogens (tertiary/aromatic N) is 4. The molecule has 1 heterocycles. The van der Waals surface area contributed by atoms with Gasteiger partial charge >= 0.3 is 0 Å². The highest BCUT2D eigenvalue weighted by Crippen LogP contribution is 2.15. The fourth-order valence-electron chi connectivity index (χ4n) is 1.50. The predicted molar refractivity (Wildman–Crippen MR) is 62.7 cm³/mol. The van der Waals surface area contributed by atoms with Crippen LogP contribution in [0.1, 0.15) is 37.0 Å². The van der Waals surface area contributed by atoms with E-state index in [0.717, 1.165) is 0 Å². The van der Waals surface area contributed by atoms with Crippen LogP contribution in [0.25, 0.3) is 0 Å². The first kappa shape index (κ1) is 11.4. The summed E-state index contributed by atoms with van der Waals surface area (Å²) in [6.45, 7) is 5.85. The summed E-state index contributed by atoms with van der Waals surface area (Å²) in [6, 6.07) is 9.01. The highest BCUT2D eigenvalue weighted by molar-refractivity contribution is 6.06. The lowest BCUT2D eigenvalue weighted by Gasteiger charge is -2.19. The largest absolute Gasteiger partial charge is 0.285 e. The van der Waals surface area contributed by atoms with E-state index in [1.807, 2.05) is 39.0 Å². The van der Waals surface area contributed by atoms with Crippen LogP contribution in [0.2, 0.25) is 0 Å². The Kier molecular flexibility index (Phi) is 2.75. The van der Waals surface area contributed by atoms with Gasteiger partial charge in [-0.1, -0.05) is 30.3 Å². The summed E-state index contributed by atoms with van der Waals surface area (Å²) in [5.74, 6) is 0.106. The van der Waals surface area contributed by atoms with Crippen molar-refractivity contribution in [3.05, 3.63) is 41.7 Å². The second-order valence-corrected chi connectivity index (χ2v) is 4.78. The molecule has 0 aliphatic heterocycles. The summed E-state index contributed by atoms with van der Waals surface area (Å²) < 4.78 is 1.54. The van der Waals surface area contributed by atoms with E-state index in [2.05, 4.69) is 15.5 Å². The topological polar surface area (TPSA) is 60.7 Å². The van der Waals surface area contributed by atoms with Crippen molar-refractivity contribution in [1.82, 2.24) is 20.2 Å². The third-order valence-electron chi connectivity index (χ3n) is 2.34. The van der Waals surface area contributed by atoms with E-state index in [0.29, 0.717) is 5.56 Å². The molecule has 0 atom stereocenters. The molecule has 0 amide bonds. The molecule has 5 heteroatoms. The minimum absolute atomic E-state index is 0.162. The highest BCUT2D eigenvalue weighted by atomic mass is 16.1. The molecule has 17 heavy (non-hydrogen) atoms. The Balaban J connectivity index is 2.43. The number of carbonyl (C=O) groups is 1. The smallest absolute Gasteiger partial charge is 0.231 e. The van der Waals surface area contributed by atoms with Crippen molar-refractivity contribution in [2.24, 2.45) is 0 Å². The van der Waals surface area contributed by atoms with E-state index in [1.54, 1.807) is 16.8 Å². The molecule has 0 aliphatic rings. The van der Waals surface area contributed by atoms with E-state index < -0.39 is 0 Å². The second kappa shape index (κ2) is 4.08. The number of benzene rings is 1. The van der Waals surface area contributed by atoms with E-state index >= 15 is 0 Å². The predicted octanol–water partition coefficient (Wildman–Crippen LogP) is 1.66. The van der Waals surface area contributed by atoms with Crippen LogP contribution in [0.5, 0.6) is 0 Å². The maximum absolute atomic E-state index is 12.2. The van der Waals surface area contributed by atoms with Crippen LogP contribution in [-0.2, 0) is 5.54 Å². The molecule has 88 valence electrons. The Morgan fingerprint density at radius 1 is 1.18 bits per heavy atom. The molecule has 0 saturated heterocycles. The maximum Gasteiger partial charge on any atom is 0.231 e. The first-order chi connectivity index (χ1) is 8.00. The van der Waals surface area contributed by atoms with Crippen molar-refractivity contribution in [2.45, 2.75) is 26.3 Å². The molecule has 0 bridgehead atoms. The molecule has 0 saturated carbocycles. The van der Waals surface area contributed by atoms with Crippen LogP contribution in [0.15, 0.2) is 30.3 Å². The zero-order chi connectivity index (χ0) is 12.5. The maximum atomic E-state index is 12.2. The van der Waals surface area contributed by atoms with Crippen molar-refractivity contribution in [2.75, 3.05) is 0 Å². The fraction of sp³-hybridized carbons (Fsp3) is 0.333. The number of carbonyl (C=O) groups excluding carboxylic acids is 1. The second-order valence-electron chi connectivity index (χ2n) is 4.78. The molecule has 1 aromatic heterocycles. The summed E-state index contributed by atoms with van der Waals surface area (Å²) in [7, 11) is 0. The third-order valence-corrected chi connectivity index (χ3v) is 2.34. The molecule has 2 rings (SSSR count). The van der Waals surface area contributed by atoms with Crippen molar-refractivity contribution >= 4 is 5.78 Å². The van der Waals surface area contributed by atoms with Gasteiger partial charge < -0.3 is 0 Å². The summed E-state index contributed by atoms with van der Waals surface area (Å²) in [5.41, 5.74) is 0.274. The first-order valence-corrected chi connectivity index (χ1v) is 5.39. The van der Waals surface area contributed by atoms with Gasteiger partial charge in [0.05, 0.1) is 5.54 Å². The van der Waals surface area contributed by atoms with Gasteiger partial charge in [-0.15, -0.1) is 5.10 Å². The van der Waals surface area contributed by atoms with Gasteiger partial charge in [0.15, 0.2) is 0 Å². The summed E-state index contributed by atoms with van der Waals surface area (Å²) in [5, 5.41) is 11.3. The molecule has 0 N–H and O–H groups in total. The molecule has 1 aromatic carbocycles. The lowest BCUT2D eigenvalue weighted by molar-refractivity contribution is 0.101. The van der Waals surface area contributed by atoms with E-state index in [-0.39, 0.29) is 17.1 Å². The van der Waals surface area contributed by atoms with Gasteiger partial charge in [-0.25, -0.2) is 4.68 Å². The highest BCUT2D eigenvalue weighted by Gasteiger charge is 2.24. The minimum atomic E-state index is -0.316. The van der Waals surface area contributed by atoms with Crippen LogP contribution in [0.3, 0.4) is 0 Å². The van der Waals surface area contributed by atoms with Crippen LogP contribution < -0.4 is 0 Å². The number of ketones is 1. The van der Waals surface area contributed by atoms with Crippen molar-refractivity contribution in [3.63, 3.8) is 0 Å². The number of tetrazole rings is 1. The fourth-order valence-corrected chi connectivity index (χ4v) is 1.50. The summed E-state index contributed by atoms with van der Waals surface area (Å²) >= 11 is 0. The normalized spacial score (nSPS) is 11.5.